The molecule has 2 aromatic carbocycles. The first-order valence-electron chi connectivity index (χ1n) is 16.9. The fourth-order valence-electron chi connectivity index (χ4n) is 7.87. The van der Waals surface area contributed by atoms with Gasteiger partial charge in [-0.2, -0.15) is 0 Å². The molecule has 1 fully saturated rings. The normalized spacial score (nSPS) is 19.3. The van der Waals surface area contributed by atoms with Crippen LogP contribution >= 0.6 is 11.3 Å². The highest BCUT2D eigenvalue weighted by Gasteiger charge is 2.52. The number of H-pyrrole nitrogens is 1. The minimum atomic E-state index is -0.795. The summed E-state index contributed by atoms with van der Waals surface area (Å²) in [7, 11) is 1.70. The van der Waals surface area contributed by atoms with Crippen LogP contribution in [0.3, 0.4) is 0 Å². The van der Waals surface area contributed by atoms with Crippen LogP contribution in [0.25, 0.3) is 32.0 Å². The Labute approximate surface area is 295 Å². The van der Waals surface area contributed by atoms with E-state index >= 15 is 0 Å². The first kappa shape index (κ1) is 31.6. The SMILES string of the molecule is COc1cccc2c1CC[C@H]2Nc1nccc2cc(-c3c4c(nc(CCc5ccc(F)cc5)c3-c3n[nH]c(=O)o3)[C@]3(C)COCCN3C4=O)sc12. The van der Waals surface area contributed by atoms with Crippen molar-refractivity contribution in [2.45, 2.75) is 44.2 Å². The minimum Gasteiger partial charge on any atom is -0.496 e. The summed E-state index contributed by atoms with van der Waals surface area (Å²) in [6, 6.07) is 16.5. The van der Waals surface area contributed by atoms with Gasteiger partial charge in [0.2, 0.25) is 0 Å². The largest absolute Gasteiger partial charge is 0.496 e. The number of nitrogens with zero attached hydrogens (tertiary/aromatic N) is 4. The molecule has 0 unspecified atom stereocenters. The number of benzene rings is 2. The van der Waals surface area contributed by atoms with E-state index in [0.29, 0.717) is 60.7 Å². The third-order valence-corrected chi connectivity index (χ3v) is 11.5. The van der Waals surface area contributed by atoms with Gasteiger partial charge >= 0.3 is 5.76 Å². The number of aromatic nitrogens is 4. The Morgan fingerprint density at radius 2 is 1.98 bits per heavy atom. The molecule has 6 heterocycles. The zero-order valence-corrected chi connectivity index (χ0v) is 28.7. The highest BCUT2D eigenvalue weighted by Crippen LogP contribution is 2.50. The van der Waals surface area contributed by atoms with E-state index in [0.717, 1.165) is 44.9 Å². The average Bonchev–Trinajstić information content (AvgIpc) is 3.92. The van der Waals surface area contributed by atoms with E-state index in [1.807, 2.05) is 30.0 Å². The van der Waals surface area contributed by atoms with Crippen LogP contribution in [-0.2, 0) is 29.5 Å². The molecule has 2 N–H and O–H groups in total. The van der Waals surface area contributed by atoms with Gasteiger partial charge in [-0.1, -0.05) is 24.3 Å². The molecule has 6 aromatic rings. The number of methoxy groups -OCH3 is 1. The summed E-state index contributed by atoms with van der Waals surface area (Å²) in [5, 5.41) is 11.3. The second kappa shape index (κ2) is 12.1. The van der Waals surface area contributed by atoms with Gasteiger partial charge in [0.1, 0.15) is 22.9 Å². The lowest BCUT2D eigenvalue weighted by Gasteiger charge is -2.39. The average molecular weight is 705 g/mol. The van der Waals surface area contributed by atoms with Gasteiger partial charge < -0.3 is 24.1 Å². The summed E-state index contributed by atoms with van der Waals surface area (Å²) in [4.78, 5) is 39.5. The number of aryl methyl sites for hydroxylation is 2. The maximum absolute atomic E-state index is 14.5. The van der Waals surface area contributed by atoms with Gasteiger partial charge in [-0.3, -0.25) is 9.78 Å². The Morgan fingerprint density at radius 1 is 1.12 bits per heavy atom. The molecular formula is C38H33FN6O5S. The number of aromatic amines is 1. The summed E-state index contributed by atoms with van der Waals surface area (Å²) in [5.41, 5.74) is 5.25. The second-order valence-corrected chi connectivity index (χ2v) is 14.4. The number of hydrogen-bond acceptors (Lipinski definition) is 10. The first-order valence-corrected chi connectivity index (χ1v) is 17.7. The van der Waals surface area contributed by atoms with Crippen molar-refractivity contribution in [3.05, 3.63) is 111 Å². The predicted octanol–water partition coefficient (Wildman–Crippen LogP) is 6.44. The van der Waals surface area contributed by atoms with E-state index in [1.54, 1.807) is 25.4 Å². The summed E-state index contributed by atoms with van der Waals surface area (Å²) in [6.45, 7) is 3.12. The molecule has 2 aliphatic heterocycles. The molecule has 11 nitrogen and oxygen atoms in total. The zero-order valence-electron chi connectivity index (χ0n) is 27.9. The molecule has 1 saturated heterocycles. The highest BCUT2D eigenvalue weighted by atomic mass is 32.1. The van der Waals surface area contributed by atoms with Gasteiger partial charge in [-0.05, 0) is 85.0 Å². The summed E-state index contributed by atoms with van der Waals surface area (Å²) < 4.78 is 31.9. The lowest BCUT2D eigenvalue weighted by molar-refractivity contribution is -0.0416. The van der Waals surface area contributed by atoms with Crippen molar-refractivity contribution >= 4 is 33.1 Å². The van der Waals surface area contributed by atoms with Crippen molar-refractivity contribution in [3.63, 3.8) is 0 Å². The molecule has 258 valence electrons. The molecule has 3 aliphatic rings. The number of hydrogen-bond donors (Lipinski definition) is 2. The monoisotopic (exact) mass is 704 g/mol. The fourth-order valence-corrected chi connectivity index (χ4v) is 9.03. The molecule has 13 heteroatoms. The molecule has 51 heavy (non-hydrogen) atoms. The maximum atomic E-state index is 14.5. The number of morpholine rings is 1. The van der Waals surface area contributed by atoms with Crippen LogP contribution in [0.1, 0.15) is 57.8 Å². The topological polar surface area (TPSA) is 135 Å². The third-order valence-electron chi connectivity index (χ3n) is 10.3. The van der Waals surface area contributed by atoms with E-state index in [1.165, 1.54) is 34.6 Å². The molecule has 1 aliphatic carbocycles. The number of halogens is 1. The van der Waals surface area contributed by atoms with Crippen molar-refractivity contribution < 1.29 is 23.1 Å². The zero-order chi connectivity index (χ0) is 34.9. The highest BCUT2D eigenvalue weighted by molar-refractivity contribution is 7.23. The Bertz CT molecular complexity index is 2400. The van der Waals surface area contributed by atoms with Gasteiger partial charge in [0.05, 0.1) is 53.6 Å². The van der Waals surface area contributed by atoms with Crippen LogP contribution in [-0.4, -0.2) is 57.8 Å². The number of amides is 1. The standard InChI is InChI=1S/C38H33FN6O5S/c1-38-19-49-17-16-45(38)36(46)31-30(29(35-43-44-37(47)50-35)26(41-33(31)38)12-8-20-6-9-22(39)10-7-20)28-18-21-14-15-40-34(32(21)51-28)42-25-13-11-24-23(25)4-3-5-27(24)48-2/h3-7,9-10,14-15,18,25H,8,11-13,16-17,19H2,1-2H3,(H,40,42)(H,44,47)/t25-,38+/m1/s1. The number of rotatable bonds is 8. The van der Waals surface area contributed by atoms with E-state index in [-0.39, 0.29) is 23.7 Å². The third kappa shape index (κ3) is 5.13. The van der Waals surface area contributed by atoms with Crippen molar-refractivity contribution in [3.8, 4) is 27.6 Å². The number of nitrogens with one attached hydrogen (secondary N) is 2. The molecule has 9 rings (SSSR count). The Kier molecular flexibility index (Phi) is 7.51. The first-order chi connectivity index (χ1) is 24.8. The quantitative estimate of drug-likeness (QED) is 0.184. The fraction of sp³-hybridized carbons (Fsp3) is 0.289. The lowest BCUT2D eigenvalue weighted by atomic mass is 9.90. The summed E-state index contributed by atoms with van der Waals surface area (Å²) in [6.07, 6.45) is 4.51. The number of fused-ring (bicyclic) bond motifs is 5. The molecule has 0 bridgehead atoms. The minimum absolute atomic E-state index is 0.0453. The van der Waals surface area contributed by atoms with Crippen LogP contribution in [0.2, 0.25) is 0 Å². The number of pyridine rings is 2. The Morgan fingerprint density at radius 3 is 2.78 bits per heavy atom. The van der Waals surface area contributed by atoms with Crippen LogP contribution < -0.4 is 15.8 Å². The van der Waals surface area contributed by atoms with E-state index in [2.05, 4.69) is 27.6 Å². The number of carbonyl (C=O) groups is 1. The summed E-state index contributed by atoms with van der Waals surface area (Å²) >= 11 is 1.51. The lowest BCUT2D eigenvalue weighted by Crippen LogP contribution is -2.50. The van der Waals surface area contributed by atoms with Gasteiger partial charge in [0.25, 0.3) is 11.8 Å². The molecule has 4 aromatic heterocycles. The maximum Gasteiger partial charge on any atom is 0.434 e. The second-order valence-electron chi connectivity index (χ2n) is 13.3. The summed E-state index contributed by atoms with van der Waals surface area (Å²) in [5.74, 6) is 0.483. The Balaban J connectivity index is 1.23. The van der Waals surface area contributed by atoms with Gasteiger partial charge in [-0.15, -0.1) is 16.4 Å². The predicted molar refractivity (Wildman–Crippen MR) is 190 cm³/mol. The van der Waals surface area contributed by atoms with Gasteiger partial charge in [0.15, 0.2) is 0 Å². The number of ether oxygens (including phenoxy) is 2. The molecule has 0 spiro atoms. The van der Waals surface area contributed by atoms with Crippen molar-refractivity contribution in [1.29, 1.82) is 0 Å². The van der Waals surface area contributed by atoms with Gasteiger partial charge in [0, 0.05) is 23.2 Å². The van der Waals surface area contributed by atoms with E-state index < -0.39 is 11.3 Å². The molecular weight excluding hydrogens is 672 g/mol. The number of thiophene rings is 1. The van der Waals surface area contributed by atoms with Gasteiger partial charge in [-0.25, -0.2) is 19.3 Å². The van der Waals surface area contributed by atoms with Crippen LogP contribution in [0.15, 0.2) is 70.0 Å². The molecule has 0 radical (unpaired) electrons. The van der Waals surface area contributed by atoms with Crippen molar-refractivity contribution in [2.75, 3.05) is 32.2 Å². The number of carbonyl (C=O) groups excluding carboxylic acids is 1. The molecule has 1 amide bonds. The smallest absolute Gasteiger partial charge is 0.434 e. The Hall–Kier alpha value is -5.40. The number of anilines is 1. The van der Waals surface area contributed by atoms with Crippen molar-refractivity contribution in [1.82, 2.24) is 25.1 Å². The van der Waals surface area contributed by atoms with Crippen LogP contribution in [0, 0.1) is 5.82 Å². The van der Waals surface area contributed by atoms with Crippen LogP contribution in [0.4, 0.5) is 10.2 Å². The molecule has 2 atom stereocenters. The van der Waals surface area contributed by atoms with Crippen LogP contribution in [0.5, 0.6) is 5.75 Å². The van der Waals surface area contributed by atoms with E-state index in [9.17, 15) is 14.0 Å². The molecule has 0 saturated carbocycles. The van der Waals surface area contributed by atoms with Crippen molar-refractivity contribution in [2.24, 2.45) is 0 Å². The van der Waals surface area contributed by atoms with E-state index in [4.69, 9.17) is 23.9 Å².